The highest BCUT2D eigenvalue weighted by Crippen LogP contribution is 2.34. The van der Waals surface area contributed by atoms with Crippen molar-refractivity contribution in [3.8, 4) is 5.75 Å². The zero-order valence-corrected chi connectivity index (χ0v) is 36.1. The number of benzene rings is 3. The molecule has 5 atom stereocenters. The first-order valence-corrected chi connectivity index (χ1v) is 22.0. The molecule has 6 rings (SSSR count). The Morgan fingerprint density at radius 2 is 1.65 bits per heavy atom. The number of rotatable bonds is 19. The van der Waals surface area contributed by atoms with Gasteiger partial charge >= 0.3 is 12.2 Å². The Bertz CT molecular complexity index is 2030. The van der Waals surface area contributed by atoms with Crippen LogP contribution in [0.5, 0.6) is 5.75 Å². The number of nitrogens with one attached hydrogen (secondary N) is 2. The average molecular weight is 857 g/mol. The van der Waals surface area contributed by atoms with Gasteiger partial charge in [-0.1, -0.05) is 68.1 Å². The van der Waals surface area contributed by atoms with Gasteiger partial charge in [-0.3, -0.25) is 9.59 Å². The summed E-state index contributed by atoms with van der Waals surface area (Å²) >= 11 is 0. The topological polar surface area (TPSA) is 170 Å². The van der Waals surface area contributed by atoms with Crippen LogP contribution < -0.4 is 15.4 Å². The molecular weight excluding hydrogens is 796 g/mol. The molecule has 1 unspecified atom stereocenters. The van der Waals surface area contributed by atoms with Crippen molar-refractivity contribution >= 4 is 35.0 Å². The maximum Gasteiger partial charge on any atom is 0.413 e. The van der Waals surface area contributed by atoms with Gasteiger partial charge < -0.3 is 39.3 Å². The first-order valence-electron chi connectivity index (χ1n) is 22.0. The van der Waals surface area contributed by atoms with Crippen molar-refractivity contribution in [1.82, 2.24) is 20.5 Å². The number of carbonyl (C=O) groups excluding carboxylic acids is 4. The second-order valence-corrected chi connectivity index (χ2v) is 17.6. The summed E-state index contributed by atoms with van der Waals surface area (Å²) in [6, 6.07) is 19.7. The highest BCUT2D eigenvalue weighted by molar-refractivity contribution is 5.93. The average Bonchev–Trinajstić information content (AvgIpc) is 3.90. The second kappa shape index (κ2) is 22.1. The number of aromatic nitrogens is 1. The van der Waals surface area contributed by atoms with Crippen LogP contribution in [0.15, 0.2) is 83.3 Å². The van der Waals surface area contributed by atoms with E-state index < -0.39 is 59.7 Å². The SMILES string of the molecule is CC(C)(C)OC(=O)NCCCC[C@H](CC(=O)[C@@H]1C[C@@H](OCC2CCCCC2)CN1C(=O)[C@@H](CCc1ccccc1)NC(=O)Oc1ccc(F)cc1)C(O)c1nc2ccccc2o1. The van der Waals surface area contributed by atoms with Crippen molar-refractivity contribution in [2.24, 2.45) is 11.8 Å². The normalized spacial score (nSPS) is 18.5. The molecule has 62 heavy (non-hydrogen) atoms. The molecule has 1 aliphatic heterocycles. The van der Waals surface area contributed by atoms with Gasteiger partial charge in [-0.2, -0.15) is 0 Å². The monoisotopic (exact) mass is 856 g/mol. The number of fused-ring (bicyclic) bond motifs is 1. The minimum Gasteiger partial charge on any atom is -0.444 e. The number of aliphatic hydroxyl groups excluding tert-OH is 1. The van der Waals surface area contributed by atoms with Crippen molar-refractivity contribution in [1.29, 1.82) is 0 Å². The molecule has 1 saturated heterocycles. The molecule has 0 spiro atoms. The van der Waals surface area contributed by atoms with E-state index in [2.05, 4.69) is 15.6 Å². The van der Waals surface area contributed by atoms with Crippen LogP contribution in [-0.4, -0.2) is 82.4 Å². The molecule has 2 fully saturated rings. The van der Waals surface area contributed by atoms with Gasteiger partial charge in [0.05, 0.1) is 12.1 Å². The van der Waals surface area contributed by atoms with Crippen molar-refractivity contribution in [3.05, 3.63) is 96.1 Å². The minimum absolute atomic E-state index is 0.0915. The number of likely N-dealkylation sites (tertiary alicyclic amines) is 1. The summed E-state index contributed by atoms with van der Waals surface area (Å²) < 4.78 is 36.8. The molecule has 0 radical (unpaired) electrons. The lowest BCUT2D eigenvalue weighted by Crippen LogP contribution is -2.52. The number of aryl methyl sites for hydroxylation is 1. The van der Waals surface area contributed by atoms with E-state index in [0.29, 0.717) is 55.9 Å². The van der Waals surface area contributed by atoms with Crippen LogP contribution in [0.1, 0.15) is 109 Å². The van der Waals surface area contributed by atoms with Crippen LogP contribution in [0.3, 0.4) is 0 Å². The number of amides is 3. The fourth-order valence-corrected chi connectivity index (χ4v) is 8.31. The van der Waals surface area contributed by atoms with Crippen LogP contribution in [-0.2, 0) is 25.5 Å². The van der Waals surface area contributed by atoms with Gasteiger partial charge in [-0.15, -0.1) is 0 Å². The summed E-state index contributed by atoms with van der Waals surface area (Å²) in [5, 5.41) is 17.3. The molecule has 1 aromatic heterocycles. The summed E-state index contributed by atoms with van der Waals surface area (Å²) in [6.45, 7) is 6.38. The van der Waals surface area contributed by atoms with Gasteiger partial charge in [0.1, 0.15) is 34.8 Å². The predicted octanol–water partition coefficient (Wildman–Crippen LogP) is 8.63. The number of ether oxygens (including phenoxy) is 3. The van der Waals surface area contributed by atoms with E-state index in [1.807, 2.05) is 42.5 Å². The van der Waals surface area contributed by atoms with Crippen molar-refractivity contribution in [3.63, 3.8) is 0 Å². The van der Waals surface area contributed by atoms with E-state index in [9.17, 15) is 28.7 Å². The van der Waals surface area contributed by atoms with Gasteiger partial charge in [0, 0.05) is 38.5 Å². The minimum atomic E-state index is -1.24. The number of alkyl carbamates (subject to hydrolysis) is 1. The Labute approximate surface area is 363 Å². The summed E-state index contributed by atoms with van der Waals surface area (Å²) in [5.74, 6) is -1.24. The zero-order chi connectivity index (χ0) is 44.1. The standard InChI is InChI=1S/C48H61FN4O9/c1-48(2,3)62-46(57)50-27-13-12-18-34(43(55)44-51-38-19-10-11-20-42(38)61-44)28-41(54)40-29-37(59-31-33-16-8-5-9-17-33)30-53(40)45(56)39(26-21-32-14-6-4-7-15-32)52-47(58)60-36-24-22-35(49)23-25-36/h4,6-7,10-11,14-15,19-20,22-25,33-34,37,39-40,43,55H,5,8-9,12-13,16-18,21,26-31H2,1-3H3,(H,50,57)(H,52,58)/t34-,37-,39-,40+,43?/m1/s1. The molecule has 334 valence electrons. The van der Waals surface area contributed by atoms with E-state index in [-0.39, 0.29) is 43.2 Å². The predicted molar refractivity (Wildman–Crippen MR) is 231 cm³/mol. The first kappa shape index (κ1) is 46.2. The fourth-order valence-electron chi connectivity index (χ4n) is 8.31. The van der Waals surface area contributed by atoms with E-state index in [1.54, 1.807) is 32.9 Å². The zero-order valence-electron chi connectivity index (χ0n) is 36.1. The van der Waals surface area contributed by atoms with Gasteiger partial charge in [-0.25, -0.2) is 19.0 Å². The largest absolute Gasteiger partial charge is 0.444 e. The Balaban J connectivity index is 1.21. The number of halogens is 1. The third-order valence-electron chi connectivity index (χ3n) is 11.5. The van der Waals surface area contributed by atoms with Crippen LogP contribution in [0.2, 0.25) is 0 Å². The number of ketones is 1. The molecule has 4 aromatic rings. The highest BCUT2D eigenvalue weighted by Gasteiger charge is 2.44. The number of oxazole rings is 1. The lowest BCUT2D eigenvalue weighted by atomic mass is 9.88. The van der Waals surface area contributed by atoms with Crippen LogP contribution in [0.25, 0.3) is 11.1 Å². The van der Waals surface area contributed by atoms with Crippen molar-refractivity contribution < 1.29 is 47.3 Å². The lowest BCUT2D eigenvalue weighted by molar-refractivity contribution is -0.140. The molecule has 2 heterocycles. The summed E-state index contributed by atoms with van der Waals surface area (Å²) in [7, 11) is 0. The summed E-state index contributed by atoms with van der Waals surface area (Å²) in [6.07, 6.45) is 4.87. The molecule has 2 aliphatic rings. The van der Waals surface area contributed by atoms with Crippen molar-refractivity contribution in [2.45, 2.75) is 128 Å². The van der Waals surface area contributed by atoms with Gasteiger partial charge in [0.25, 0.3) is 0 Å². The Morgan fingerprint density at radius 1 is 0.919 bits per heavy atom. The van der Waals surface area contributed by atoms with Gasteiger partial charge in [0.2, 0.25) is 11.8 Å². The number of hydrogen-bond acceptors (Lipinski definition) is 10. The molecular formula is C48H61FN4O9. The Kier molecular flexibility index (Phi) is 16.5. The molecule has 1 saturated carbocycles. The molecule has 0 bridgehead atoms. The number of aliphatic hydroxyl groups is 1. The number of nitrogens with zero attached hydrogens (tertiary/aromatic N) is 2. The Morgan fingerprint density at radius 3 is 2.37 bits per heavy atom. The highest BCUT2D eigenvalue weighted by atomic mass is 19.1. The molecule has 14 heteroatoms. The van der Waals surface area contributed by atoms with Gasteiger partial charge in [0.15, 0.2) is 11.4 Å². The van der Waals surface area contributed by atoms with E-state index in [4.69, 9.17) is 18.6 Å². The van der Waals surface area contributed by atoms with Crippen LogP contribution in [0.4, 0.5) is 14.0 Å². The number of para-hydroxylation sites is 2. The smallest absolute Gasteiger partial charge is 0.413 e. The molecule has 1 aliphatic carbocycles. The summed E-state index contributed by atoms with van der Waals surface area (Å²) in [4.78, 5) is 61.1. The first-order chi connectivity index (χ1) is 29.8. The molecule has 3 amide bonds. The quantitative estimate of drug-likeness (QED) is 0.0777. The van der Waals surface area contributed by atoms with Gasteiger partial charge in [-0.05, 0) is 107 Å². The Hall–Kier alpha value is -5.34. The van der Waals surface area contributed by atoms with Crippen LogP contribution >= 0.6 is 0 Å². The van der Waals surface area contributed by atoms with E-state index in [1.165, 1.54) is 35.6 Å². The summed E-state index contributed by atoms with van der Waals surface area (Å²) in [5.41, 5.74) is 1.40. The number of carbonyl (C=O) groups is 4. The number of hydrogen-bond donors (Lipinski definition) is 3. The third kappa shape index (κ3) is 13.8. The maximum absolute atomic E-state index is 14.8. The maximum atomic E-state index is 14.8. The fraction of sp³-hybridized carbons (Fsp3) is 0.521. The van der Waals surface area contributed by atoms with Crippen LogP contribution in [0, 0.1) is 17.7 Å². The lowest BCUT2D eigenvalue weighted by Gasteiger charge is -2.30. The molecule has 3 N–H and O–H groups in total. The van der Waals surface area contributed by atoms with Crippen molar-refractivity contribution in [2.75, 3.05) is 19.7 Å². The molecule has 3 aromatic carbocycles. The van der Waals surface area contributed by atoms with E-state index >= 15 is 0 Å². The molecule has 13 nitrogen and oxygen atoms in total. The second-order valence-electron chi connectivity index (χ2n) is 17.6. The third-order valence-corrected chi connectivity index (χ3v) is 11.5. The number of Topliss-reactive ketones (excluding diaryl/α,β-unsaturated/α-hetero) is 1. The van der Waals surface area contributed by atoms with E-state index in [0.717, 1.165) is 31.2 Å². The number of unbranched alkanes of at least 4 members (excludes halogenated alkanes) is 1.